The molecular weight excluding hydrogens is 428 g/mol. The second kappa shape index (κ2) is 8.12. The highest BCUT2D eigenvalue weighted by Crippen LogP contribution is 2.30. The Morgan fingerprint density at radius 2 is 1.88 bits per heavy atom. The van der Waals surface area contributed by atoms with Gasteiger partial charge in [-0.3, -0.25) is 19.3 Å². The number of furan rings is 1. The maximum atomic E-state index is 13.0. The molecule has 32 heavy (non-hydrogen) atoms. The molecule has 0 saturated carbocycles. The van der Waals surface area contributed by atoms with Gasteiger partial charge >= 0.3 is 0 Å². The molecule has 0 spiro atoms. The van der Waals surface area contributed by atoms with Gasteiger partial charge in [0.25, 0.3) is 11.8 Å². The molecule has 0 atom stereocenters. The van der Waals surface area contributed by atoms with Crippen LogP contribution in [-0.2, 0) is 4.79 Å². The van der Waals surface area contributed by atoms with Gasteiger partial charge in [0.15, 0.2) is 10.8 Å². The van der Waals surface area contributed by atoms with E-state index in [-0.39, 0.29) is 30.0 Å². The third-order valence-electron chi connectivity index (χ3n) is 4.87. The lowest BCUT2D eigenvalue weighted by Gasteiger charge is -2.29. The van der Waals surface area contributed by atoms with Crippen molar-refractivity contribution in [2.75, 3.05) is 22.1 Å². The first-order valence-electron chi connectivity index (χ1n) is 9.70. The number of carbonyl (C=O) groups excluding carboxylic acids is 3. The lowest BCUT2D eigenvalue weighted by atomic mass is 10.1. The number of hydrogen-bond acceptors (Lipinski definition) is 6. The topological polar surface area (TPSA) is 105 Å². The highest BCUT2D eigenvalue weighted by Gasteiger charge is 2.27. The first kappa shape index (κ1) is 19.7. The molecule has 1 aliphatic heterocycles. The average molecular weight is 444 g/mol. The Balaban J connectivity index is 1.30. The van der Waals surface area contributed by atoms with Gasteiger partial charge < -0.3 is 15.1 Å². The van der Waals surface area contributed by atoms with Crippen molar-refractivity contribution in [1.82, 2.24) is 4.98 Å². The molecule has 2 aromatic heterocycles. The van der Waals surface area contributed by atoms with Crippen LogP contribution in [-0.4, -0.2) is 29.3 Å². The zero-order chi connectivity index (χ0) is 22.1. The van der Waals surface area contributed by atoms with Gasteiger partial charge in [-0.15, -0.1) is 11.3 Å². The van der Waals surface area contributed by atoms with Gasteiger partial charge in [-0.05, 0) is 48.5 Å². The summed E-state index contributed by atoms with van der Waals surface area (Å²) in [6.45, 7) is -0.0594. The third-order valence-corrected chi connectivity index (χ3v) is 5.73. The van der Waals surface area contributed by atoms with Gasteiger partial charge in [0.05, 0.1) is 17.6 Å². The number of carbonyl (C=O) groups is 3. The number of para-hydroxylation sites is 2. The highest BCUT2D eigenvalue weighted by atomic mass is 32.1. The summed E-state index contributed by atoms with van der Waals surface area (Å²) in [6, 6.07) is 17.2. The quantitative estimate of drug-likeness (QED) is 0.490. The highest BCUT2D eigenvalue weighted by molar-refractivity contribution is 7.13. The third kappa shape index (κ3) is 3.77. The summed E-state index contributed by atoms with van der Waals surface area (Å²) in [6.07, 6.45) is 1.55. The number of thiazole rings is 1. The largest absolute Gasteiger partial charge is 0.462 e. The minimum Gasteiger partial charge on any atom is -0.462 e. The molecule has 2 N–H and O–H groups in total. The maximum absolute atomic E-state index is 13.0. The first-order valence-corrected chi connectivity index (χ1v) is 10.6. The van der Waals surface area contributed by atoms with Crippen LogP contribution in [0.4, 0.5) is 17.1 Å². The fourth-order valence-corrected chi connectivity index (χ4v) is 4.12. The van der Waals surface area contributed by atoms with Gasteiger partial charge in [0, 0.05) is 16.6 Å². The molecule has 0 aliphatic carbocycles. The Kier molecular flexibility index (Phi) is 5.00. The number of benzene rings is 2. The number of aromatic nitrogens is 1. The minimum atomic E-state index is -0.361. The molecule has 0 unspecified atom stereocenters. The van der Waals surface area contributed by atoms with Crippen molar-refractivity contribution < 1.29 is 18.8 Å². The van der Waals surface area contributed by atoms with Crippen LogP contribution in [0, 0.1) is 0 Å². The summed E-state index contributed by atoms with van der Waals surface area (Å²) < 4.78 is 5.30. The van der Waals surface area contributed by atoms with E-state index in [1.165, 1.54) is 16.2 Å². The van der Waals surface area contributed by atoms with Crippen molar-refractivity contribution in [1.29, 1.82) is 0 Å². The molecule has 9 heteroatoms. The second-order valence-electron chi connectivity index (χ2n) is 7.00. The maximum Gasteiger partial charge on any atom is 0.275 e. The molecular formula is C23H16N4O4S. The summed E-state index contributed by atoms with van der Waals surface area (Å²) in [4.78, 5) is 43.3. The predicted molar refractivity (Wildman–Crippen MR) is 121 cm³/mol. The van der Waals surface area contributed by atoms with Crippen LogP contribution >= 0.6 is 11.3 Å². The van der Waals surface area contributed by atoms with E-state index in [4.69, 9.17) is 4.42 Å². The zero-order valence-corrected chi connectivity index (χ0v) is 17.4. The van der Waals surface area contributed by atoms with Crippen LogP contribution < -0.4 is 15.5 Å². The Labute approximate surface area is 186 Å². The van der Waals surface area contributed by atoms with Crippen LogP contribution in [0.25, 0.3) is 10.8 Å². The molecule has 4 aromatic rings. The van der Waals surface area contributed by atoms with E-state index < -0.39 is 0 Å². The Morgan fingerprint density at radius 1 is 1.06 bits per heavy atom. The van der Waals surface area contributed by atoms with Crippen LogP contribution in [0.2, 0.25) is 0 Å². The fourth-order valence-electron chi connectivity index (χ4n) is 3.35. The lowest BCUT2D eigenvalue weighted by molar-refractivity contribution is -0.115. The van der Waals surface area contributed by atoms with Crippen LogP contribution in [0.1, 0.15) is 20.8 Å². The van der Waals surface area contributed by atoms with Crippen LogP contribution in [0.3, 0.4) is 0 Å². The molecule has 3 heterocycles. The number of fused-ring (bicyclic) bond motifs is 1. The van der Waals surface area contributed by atoms with E-state index in [9.17, 15) is 14.4 Å². The minimum absolute atomic E-state index is 0.0594. The van der Waals surface area contributed by atoms with Crippen LogP contribution in [0.15, 0.2) is 76.7 Å². The molecule has 158 valence electrons. The van der Waals surface area contributed by atoms with E-state index in [2.05, 4.69) is 15.6 Å². The molecule has 1 aliphatic rings. The molecule has 0 bridgehead atoms. The number of anilines is 3. The normalized spacial score (nSPS) is 12.8. The second-order valence-corrected chi connectivity index (χ2v) is 7.86. The Morgan fingerprint density at radius 3 is 2.66 bits per heavy atom. The summed E-state index contributed by atoms with van der Waals surface area (Å²) in [5.41, 5.74) is 2.44. The van der Waals surface area contributed by atoms with Gasteiger partial charge in [-0.25, -0.2) is 4.98 Å². The van der Waals surface area contributed by atoms with Gasteiger partial charge in [-0.1, -0.05) is 12.1 Å². The summed E-state index contributed by atoms with van der Waals surface area (Å²) in [7, 11) is 0. The predicted octanol–water partition coefficient (Wildman–Crippen LogP) is 4.25. The monoisotopic (exact) mass is 444 g/mol. The summed E-state index contributed by atoms with van der Waals surface area (Å²) >= 11 is 1.31. The number of hydrogen-bond donors (Lipinski definition) is 2. The van der Waals surface area contributed by atoms with Gasteiger partial charge in [0.2, 0.25) is 5.91 Å². The first-order chi connectivity index (χ1) is 15.6. The van der Waals surface area contributed by atoms with Gasteiger partial charge in [-0.2, -0.15) is 0 Å². The number of nitrogens with zero attached hydrogens (tertiary/aromatic N) is 2. The lowest BCUT2D eigenvalue weighted by Crippen LogP contribution is -2.42. The van der Waals surface area contributed by atoms with Crippen molar-refractivity contribution in [3.05, 3.63) is 83.6 Å². The van der Waals surface area contributed by atoms with Crippen molar-refractivity contribution >= 4 is 46.1 Å². The van der Waals surface area contributed by atoms with E-state index in [1.807, 2.05) is 6.07 Å². The number of rotatable bonds is 4. The van der Waals surface area contributed by atoms with E-state index >= 15 is 0 Å². The van der Waals surface area contributed by atoms with Gasteiger partial charge in [0.1, 0.15) is 12.2 Å². The average Bonchev–Trinajstić information content (AvgIpc) is 3.50. The SMILES string of the molecule is O=C1CN(C(=O)c2ccc(NC(=O)c3csc(-c4ccco4)n3)cc2)c2ccccc2N1. The number of nitrogens with one attached hydrogen (secondary N) is 2. The molecule has 0 saturated heterocycles. The summed E-state index contributed by atoms with van der Waals surface area (Å²) in [5.74, 6) is -0.310. The van der Waals surface area contributed by atoms with Crippen molar-refractivity contribution in [3.8, 4) is 10.8 Å². The molecule has 0 radical (unpaired) electrons. The van der Waals surface area contributed by atoms with Crippen LogP contribution in [0.5, 0.6) is 0 Å². The molecule has 8 nitrogen and oxygen atoms in total. The Hall–Kier alpha value is -4.24. The molecule has 2 aromatic carbocycles. The summed E-state index contributed by atoms with van der Waals surface area (Å²) in [5, 5.41) is 7.81. The molecule has 3 amide bonds. The standard InChI is InChI=1S/C23H16N4O4S/c28-20-12-27(18-5-2-1-4-16(18)25-20)23(30)14-7-9-15(10-8-14)24-21(29)17-13-32-22(26-17)19-6-3-11-31-19/h1-11,13H,12H2,(H,24,29)(H,25,28). The number of amides is 3. The van der Waals surface area contributed by atoms with E-state index in [0.29, 0.717) is 33.4 Å². The Bertz CT molecular complexity index is 1310. The van der Waals surface area contributed by atoms with Crippen molar-refractivity contribution in [2.24, 2.45) is 0 Å². The molecule has 5 rings (SSSR count). The fraction of sp³-hybridized carbons (Fsp3) is 0.0435. The molecule has 0 fully saturated rings. The smallest absolute Gasteiger partial charge is 0.275 e. The zero-order valence-electron chi connectivity index (χ0n) is 16.6. The van der Waals surface area contributed by atoms with E-state index in [1.54, 1.807) is 66.2 Å². The van der Waals surface area contributed by atoms with Crippen molar-refractivity contribution in [3.63, 3.8) is 0 Å². The van der Waals surface area contributed by atoms with Crippen molar-refractivity contribution in [2.45, 2.75) is 0 Å². The van der Waals surface area contributed by atoms with E-state index in [0.717, 1.165) is 0 Å².